The van der Waals surface area contributed by atoms with E-state index in [-0.39, 0.29) is 0 Å². The monoisotopic (exact) mass is 694 g/mol. The number of quaternary nitrogens is 1. The number of hydrogen-bond acceptors (Lipinski definition) is 8. The van der Waals surface area contributed by atoms with Gasteiger partial charge < -0.3 is 18.1 Å². The summed E-state index contributed by atoms with van der Waals surface area (Å²) in [6, 6.07) is 56.2. The summed E-state index contributed by atoms with van der Waals surface area (Å²) >= 11 is 0. The molecular weight excluding hydrogens is 663 g/mol. The lowest BCUT2D eigenvalue weighted by atomic mass is 10.3. The quantitative estimate of drug-likeness (QED) is 0.101. The molecule has 7 rings (SSSR count). The second-order valence-corrected chi connectivity index (χ2v) is 18.8. The number of para-hydroxylation sites is 6. The van der Waals surface area contributed by atoms with Crippen LogP contribution in [0.15, 0.2) is 187 Å². The van der Waals surface area contributed by atoms with Gasteiger partial charge in [-0.25, -0.2) is 9.68 Å². The first-order chi connectivity index (χ1) is 23.6. The van der Waals surface area contributed by atoms with Crippen molar-refractivity contribution >= 4 is 21.9 Å². The van der Waals surface area contributed by atoms with Gasteiger partial charge in [0.1, 0.15) is 35.4 Å². The zero-order valence-corrected chi connectivity index (χ0v) is 28.2. The average molecular weight is 695 g/mol. The van der Waals surface area contributed by atoms with Crippen LogP contribution >= 0.6 is 21.9 Å². The highest BCUT2D eigenvalue weighted by Crippen LogP contribution is 2.77. The van der Waals surface area contributed by atoms with E-state index in [2.05, 4.69) is 5.20 Å². The Balaban J connectivity index is 1.51. The molecule has 0 saturated heterocycles. The zero-order chi connectivity index (χ0) is 32.5. The molecule has 0 bridgehead atoms. The highest BCUT2D eigenvalue weighted by molar-refractivity contribution is 8.37. The molecule has 0 atom stereocenters. The smallest absolute Gasteiger partial charge is 0.426 e. The van der Waals surface area contributed by atoms with Crippen LogP contribution in [0.4, 0.5) is 0 Å². The third-order valence-electron chi connectivity index (χ3n) is 6.54. The SMILES string of the molecule is c1ccc(O[N+]2(Oc3ccccc3)N=P(Oc3ccccc3)(Oc3ccccc3)P=P(Oc3ccccc3)(Oc3ccccc3)N2)cc1. The van der Waals surface area contributed by atoms with E-state index < -0.39 is 19.4 Å². The lowest BCUT2D eigenvalue weighted by Gasteiger charge is -2.36. The maximum absolute atomic E-state index is 6.91. The largest absolute Gasteiger partial charge is 0.436 e. The van der Waals surface area contributed by atoms with Gasteiger partial charge in [0.15, 0.2) is 0 Å². The van der Waals surface area contributed by atoms with E-state index in [1.54, 1.807) is 0 Å². The molecule has 0 aromatic heterocycles. The van der Waals surface area contributed by atoms with Crippen LogP contribution in [0.25, 0.3) is 0 Å². The molecule has 1 aliphatic heterocycles. The van der Waals surface area contributed by atoms with Crippen molar-refractivity contribution in [3.63, 3.8) is 0 Å². The molecule has 48 heavy (non-hydrogen) atoms. The standard InChI is InChI=1S/C36H31N3O6P3/c1-7-19-31(20-8-1)40-39(41-32-21-9-2-10-22-32)37-47(42-33-23-11-3-12-24-33,43-34-25-13-4-14-26-34)46-48(38-39,44-35-27-15-5-16-28-35)45-36-29-17-6-18-30-36/h1-30,37H/q+1. The normalized spacial score (nSPS) is 15.8. The van der Waals surface area contributed by atoms with Crippen LogP contribution in [-0.4, -0.2) is 5.03 Å². The Labute approximate surface area is 280 Å². The highest BCUT2D eigenvalue weighted by Gasteiger charge is 2.57. The van der Waals surface area contributed by atoms with Gasteiger partial charge in [-0.05, 0) is 72.8 Å². The van der Waals surface area contributed by atoms with Gasteiger partial charge in [0.05, 0.1) is 0 Å². The summed E-state index contributed by atoms with van der Waals surface area (Å²) < 4.78 is 27.6. The Morgan fingerprint density at radius 1 is 0.396 bits per heavy atom. The number of nitrogens with zero attached hydrogens (tertiary/aromatic N) is 2. The van der Waals surface area contributed by atoms with Gasteiger partial charge in [0.2, 0.25) is 11.5 Å². The first kappa shape index (κ1) is 31.6. The predicted octanol–water partition coefficient (Wildman–Crippen LogP) is 11.1. The topological polar surface area (TPSA) is 79.8 Å². The molecule has 12 heteroatoms. The molecular formula is C36H31N3O6P3+. The van der Waals surface area contributed by atoms with Crippen LogP contribution in [-0.2, 0) is 0 Å². The molecule has 0 unspecified atom stereocenters. The summed E-state index contributed by atoms with van der Waals surface area (Å²) in [6.07, 6.45) is 0. The molecule has 0 spiro atoms. The Morgan fingerprint density at radius 3 is 1.02 bits per heavy atom. The molecule has 9 nitrogen and oxygen atoms in total. The van der Waals surface area contributed by atoms with Crippen LogP contribution in [0.3, 0.4) is 0 Å². The second-order valence-electron chi connectivity index (χ2n) is 10.2. The third kappa shape index (κ3) is 7.92. The van der Waals surface area contributed by atoms with Gasteiger partial charge in [-0.1, -0.05) is 109 Å². The van der Waals surface area contributed by atoms with Gasteiger partial charge >= 0.3 is 14.4 Å². The van der Waals surface area contributed by atoms with Crippen molar-refractivity contribution in [3.8, 4) is 34.5 Å². The number of rotatable bonds is 12. The molecule has 1 heterocycles. The lowest BCUT2D eigenvalue weighted by molar-refractivity contribution is -1.23. The zero-order valence-electron chi connectivity index (χ0n) is 25.5. The van der Waals surface area contributed by atoms with Gasteiger partial charge in [-0.2, -0.15) is 0 Å². The fraction of sp³-hybridized carbons (Fsp3) is 0. The fourth-order valence-corrected chi connectivity index (χ4v) is 15.8. The van der Waals surface area contributed by atoms with Gasteiger partial charge in [-0.3, -0.25) is 0 Å². The summed E-state index contributed by atoms with van der Waals surface area (Å²) in [5.74, 6) is 3.10. The maximum Gasteiger partial charge on any atom is 0.436 e. The second kappa shape index (κ2) is 14.4. The van der Waals surface area contributed by atoms with Gasteiger partial charge in [0, 0.05) is 5.20 Å². The number of hydrogen-bond donors (Lipinski definition) is 1. The Kier molecular flexibility index (Phi) is 9.48. The van der Waals surface area contributed by atoms with Crippen LogP contribution < -0.4 is 33.0 Å². The molecule has 240 valence electrons. The molecule has 0 radical (unpaired) electrons. The number of benzene rings is 6. The minimum atomic E-state index is -3.57. The molecule has 6 aromatic rings. The van der Waals surface area contributed by atoms with Crippen LogP contribution in [0, 0.1) is 0 Å². The fourth-order valence-electron chi connectivity index (χ4n) is 4.53. The average Bonchev–Trinajstić information content (AvgIpc) is 3.10. The van der Waals surface area contributed by atoms with Crippen LogP contribution in [0.1, 0.15) is 0 Å². The van der Waals surface area contributed by atoms with Crippen LogP contribution in [0.5, 0.6) is 34.5 Å². The van der Waals surface area contributed by atoms with Crippen molar-refractivity contribution < 1.29 is 32.8 Å². The summed E-state index contributed by atoms with van der Waals surface area (Å²) in [5, 5.41) is 2.45. The molecule has 1 N–H and O–H groups in total. The van der Waals surface area contributed by atoms with Crippen molar-refractivity contribution in [2.75, 3.05) is 0 Å². The minimum Gasteiger partial charge on any atom is -0.426 e. The summed E-state index contributed by atoms with van der Waals surface area (Å²) in [5.41, 5.74) is 0. The van der Waals surface area contributed by atoms with E-state index in [9.17, 15) is 0 Å². The molecule has 6 aromatic carbocycles. The summed E-state index contributed by atoms with van der Waals surface area (Å²) in [7, 11) is -6.59. The summed E-state index contributed by atoms with van der Waals surface area (Å²) in [6.45, 7) is 0. The molecule has 0 fully saturated rings. The van der Waals surface area contributed by atoms with Gasteiger partial charge in [-0.15, -0.1) is 0 Å². The van der Waals surface area contributed by atoms with Crippen molar-refractivity contribution in [1.29, 1.82) is 0 Å². The lowest BCUT2D eigenvalue weighted by Crippen LogP contribution is -2.58. The van der Waals surface area contributed by atoms with E-state index in [1.165, 1.54) is 0 Å². The Bertz CT molecular complexity index is 1890. The van der Waals surface area contributed by atoms with Crippen LogP contribution in [0.2, 0.25) is 0 Å². The molecule has 0 saturated carbocycles. The van der Waals surface area contributed by atoms with Crippen molar-refractivity contribution in [2.24, 2.45) is 4.85 Å². The Hall–Kier alpha value is -5.00. The maximum atomic E-state index is 6.91. The van der Waals surface area contributed by atoms with Crippen molar-refractivity contribution in [3.05, 3.63) is 182 Å². The molecule has 0 aliphatic carbocycles. The number of nitrogens with one attached hydrogen (secondary N) is 1. The summed E-state index contributed by atoms with van der Waals surface area (Å²) in [4.78, 5) is 18.6. The first-order valence-corrected chi connectivity index (χ1v) is 20.5. The Morgan fingerprint density at radius 2 is 0.688 bits per heavy atom. The highest BCUT2D eigenvalue weighted by atomic mass is 32.3. The first-order valence-electron chi connectivity index (χ1n) is 15.0. The van der Waals surface area contributed by atoms with E-state index in [4.69, 9.17) is 32.6 Å². The van der Waals surface area contributed by atoms with E-state index in [1.807, 2.05) is 182 Å². The van der Waals surface area contributed by atoms with Crippen molar-refractivity contribution in [2.45, 2.75) is 0 Å². The minimum absolute atomic E-state index is 0.452. The molecule has 1 aliphatic rings. The van der Waals surface area contributed by atoms with E-state index in [0.29, 0.717) is 42.1 Å². The molecule has 0 amide bonds. The van der Waals surface area contributed by atoms with E-state index >= 15 is 0 Å². The van der Waals surface area contributed by atoms with Crippen molar-refractivity contribution in [1.82, 2.24) is 5.20 Å². The van der Waals surface area contributed by atoms with Gasteiger partial charge in [0.25, 0.3) is 5.03 Å². The van der Waals surface area contributed by atoms with E-state index in [0.717, 1.165) is 0 Å². The third-order valence-corrected chi connectivity index (χ3v) is 16.8. The predicted molar refractivity (Wildman–Crippen MR) is 189 cm³/mol.